The fourth-order valence-electron chi connectivity index (χ4n) is 4.88. The first-order chi connectivity index (χ1) is 17.5. The molecule has 3 aromatic rings. The van der Waals surface area contributed by atoms with Crippen LogP contribution in [0.4, 0.5) is 4.39 Å². The van der Waals surface area contributed by atoms with E-state index in [4.69, 9.17) is 14.2 Å². The van der Waals surface area contributed by atoms with Crippen LogP contribution in [-0.4, -0.2) is 55.1 Å². The number of phenols is 2. The lowest BCUT2D eigenvalue weighted by Gasteiger charge is -2.37. The lowest BCUT2D eigenvalue weighted by molar-refractivity contribution is 0.0668. The van der Waals surface area contributed by atoms with Crippen LogP contribution < -0.4 is 14.2 Å². The van der Waals surface area contributed by atoms with Crippen molar-refractivity contribution < 1.29 is 28.8 Å². The highest BCUT2D eigenvalue weighted by molar-refractivity contribution is 5.96. The normalized spacial score (nSPS) is 17.8. The molecule has 1 fully saturated rings. The Labute approximate surface area is 210 Å². The van der Waals surface area contributed by atoms with Crippen molar-refractivity contribution in [1.29, 1.82) is 0 Å². The van der Waals surface area contributed by atoms with Crippen LogP contribution in [0.3, 0.4) is 0 Å². The number of aromatic hydroxyl groups is 2. The number of rotatable bonds is 8. The number of benzene rings is 3. The molecule has 1 saturated heterocycles. The molecule has 2 N–H and O–H groups in total. The van der Waals surface area contributed by atoms with Crippen molar-refractivity contribution in [3.8, 4) is 28.7 Å². The Morgan fingerprint density at radius 1 is 1.03 bits per heavy atom. The van der Waals surface area contributed by atoms with Crippen molar-refractivity contribution in [2.45, 2.75) is 13.0 Å². The molecule has 0 aromatic heterocycles. The van der Waals surface area contributed by atoms with Gasteiger partial charge < -0.3 is 24.4 Å². The second-order valence-electron chi connectivity index (χ2n) is 9.30. The smallest absolute Gasteiger partial charge is 0.161 e. The van der Waals surface area contributed by atoms with Crippen LogP contribution in [0.1, 0.15) is 29.7 Å². The van der Waals surface area contributed by atoms with Crippen LogP contribution in [0.25, 0.3) is 11.1 Å². The third-order valence-corrected chi connectivity index (χ3v) is 6.88. The van der Waals surface area contributed by atoms with Crippen LogP contribution in [0.15, 0.2) is 60.7 Å². The van der Waals surface area contributed by atoms with E-state index in [1.807, 2.05) is 37.3 Å². The highest BCUT2D eigenvalue weighted by Gasteiger charge is 2.30. The molecule has 36 heavy (non-hydrogen) atoms. The second kappa shape index (κ2) is 10.1. The van der Waals surface area contributed by atoms with Gasteiger partial charge in [-0.1, -0.05) is 18.2 Å². The average molecular weight is 492 g/mol. The molecule has 0 saturated carbocycles. The molecule has 0 unspecified atom stereocenters. The lowest BCUT2D eigenvalue weighted by Crippen LogP contribution is -2.49. The van der Waals surface area contributed by atoms with Crippen LogP contribution in [0, 0.1) is 5.92 Å². The maximum atomic E-state index is 12.6. The van der Waals surface area contributed by atoms with Crippen molar-refractivity contribution >= 4 is 11.1 Å². The molecule has 2 aliphatic heterocycles. The summed E-state index contributed by atoms with van der Waals surface area (Å²) in [6, 6.07) is 18.1. The first-order valence-electron chi connectivity index (χ1n) is 12.1. The van der Waals surface area contributed by atoms with Crippen LogP contribution in [-0.2, 0) is 0 Å². The monoisotopic (exact) mass is 491 g/mol. The van der Waals surface area contributed by atoms with Crippen LogP contribution in [0.2, 0.25) is 0 Å². The Morgan fingerprint density at radius 2 is 1.81 bits per heavy atom. The number of nitrogens with zero attached hydrogens (tertiary/aromatic N) is 1. The van der Waals surface area contributed by atoms with Gasteiger partial charge in [0.2, 0.25) is 0 Å². The van der Waals surface area contributed by atoms with Gasteiger partial charge in [0.1, 0.15) is 30.0 Å². The minimum Gasteiger partial charge on any atom is -0.508 e. The van der Waals surface area contributed by atoms with Gasteiger partial charge in [-0.05, 0) is 66.1 Å². The van der Waals surface area contributed by atoms with Gasteiger partial charge in [0, 0.05) is 36.7 Å². The predicted octanol–water partition coefficient (Wildman–Crippen LogP) is 5.45. The van der Waals surface area contributed by atoms with Gasteiger partial charge in [0.05, 0.1) is 13.8 Å². The SMILES string of the molecule is COc1cc(C2=C(C)c3cc(O)ccc3O[C@H]2c2ccc(OCCN3CC(CF)C3)cc2)ccc1O. The molecule has 2 heterocycles. The first kappa shape index (κ1) is 24.0. The van der Waals surface area contributed by atoms with Crippen LogP contribution in [0.5, 0.6) is 28.7 Å². The number of allylic oxidation sites excluding steroid dienone is 1. The van der Waals surface area contributed by atoms with E-state index >= 15 is 0 Å². The van der Waals surface area contributed by atoms with Gasteiger partial charge >= 0.3 is 0 Å². The Hall–Kier alpha value is -3.71. The molecule has 0 spiro atoms. The zero-order valence-electron chi connectivity index (χ0n) is 20.4. The molecular weight excluding hydrogens is 461 g/mol. The molecule has 6 nitrogen and oxygen atoms in total. The largest absolute Gasteiger partial charge is 0.508 e. The van der Waals surface area contributed by atoms with Gasteiger partial charge in [0.25, 0.3) is 0 Å². The summed E-state index contributed by atoms with van der Waals surface area (Å²) in [7, 11) is 1.52. The summed E-state index contributed by atoms with van der Waals surface area (Å²) in [5, 5.41) is 20.2. The fourth-order valence-corrected chi connectivity index (χ4v) is 4.88. The Morgan fingerprint density at radius 3 is 2.53 bits per heavy atom. The van der Waals surface area contributed by atoms with E-state index in [-0.39, 0.29) is 24.1 Å². The Balaban J connectivity index is 1.41. The minimum atomic E-state index is -0.413. The summed E-state index contributed by atoms with van der Waals surface area (Å²) >= 11 is 0. The van der Waals surface area contributed by atoms with Gasteiger partial charge in [-0.3, -0.25) is 9.29 Å². The number of fused-ring (bicyclic) bond motifs is 1. The lowest BCUT2D eigenvalue weighted by atomic mass is 9.86. The van der Waals surface area contributed by atoms with Gasteiger partial charge in [-0.25, -0.2) is 0 Å². The Bertz CT molecular complexity index is 1270. The summed E-state index contributed by atoms with van der Waals surface area (Å²) in [5.74, 6) is 2.22. The number of methoxy groups -OCH3 is 1. The third kappa shape index (κ3) is 4.71. The van der Waals surface area contributed by atoms with Crippen molar-refractivity contribution in [2.24, 2.45) is 5.92 Å². The fraction of sp³-hybridized carbons (Fsp3) is 0.310. The molecule has 2 aliphatic rings. The molecular formula is C29H30FNO5. The molecule has 0 amide bonds. The van der Waals surface area contributed by atoms with Gasteiger partial charge in [-0.2, -0.15) is 0 Å². The number of ether oxygens (including phenoxy) is 3. The zero-order chi connectivity index (χ0) is 25.2. The van der Waals surface area contributed by atoms with E-state index in [9.17, 15) is 14.6 Å². The molecule has 5 rings (SSSR count). The summed E-state index contributed by atoms with van der Waals surface area (Å²) in [6.07, 6.45) is -0.413. The van der Waals surface area contributed by atoms with Gasteiger partial charge in [-0.15, -0.1) is 0 Å². The van der Waals surface area contributed by atoms with E-state index in [0.717, 1.165) is 53.2 Å². The van der Waals surface area contributed by atoms with Crippen molar-refractivity contribution in [3.63, 3.8) is 0 Å². The molecule has 0 radical (unpaired) electrons. The zero-order valence-corrected chi connectivity index (χ0v) is 20.4. The molecule has 1 atom stereocenters. The van der Waals surface area contributed by atoms with Crippen molar-refractivity contribution in [3.05, 3.63) is 77.4 Å². The number of phenolic OH excluding ortho intramolecular Hbond substituents is 2. The van der Waals surface area contributed by atoms with Gasteiger partial charge in [0.15, 0.2) is 11.5 Å². The van der Waals surface area contributed by atoms with E-state index in [0.29, 0.717) is 18.1 Å². The molecule has 0 bridgehead atoms. The highest BCUT2D eigenvalue weighted by Crippen LogP contribution is 2.48. The van der Waals surface area contributed by atoms with E-state index in [2.05, 4.69) is 4.90 Å². The Kier molecular flexibility index (Phi) is 6.74. The first-order valence-corrected chi connectivity index (χ1v) is 12.1. The van der Waals surface area contributed by atoms with E-state index in [1.165, 1.54) is 7.11 Å². The van der Waals surface area contributed by atoms with Crippen molar-refractivity contribution in [2.75, 3.05) is 40.0 Å². The average Bonchev–Trinajstić information content (AvgIpc) is 2.86. The number of likely N-dealkylation sites (tertiary alicyclic amines) is 1. The molecule has 3 aromatic carbocycles. The number of halogens is 1. The summed E-state index contributed by atoms with van der Waals surface area (Å²) < 4.78 is 30.3. The molecule has 0 aliphatic carbocycles. The number of hydrogen-bond acceptors (Lipinski definition) is 6. The minimum absolute atomic E-state index is 0.0609. The van der Waals surface area contributed by atoms with Crippen molar-refractivity contribution in [1.82, 2.24) is 4.90 Å². The summed E-state index contributed by atoms with van der Waals surface area (Å²) in [4.78, 5) is 2.19. The predicted molar refractivity (Wildman–Crippen MR) is 136 cm³/mol. The van der Waals surface area contributed by atoms with E-state index in [1.54, 1.807) is 30.3 Å². The maximum Gasteiger partial charge on any atom is 0.161 e. The van der Waals surface area contributed by atoms with E-state index < -0.39 is 6.10 Å². The van der Waals surface area contributed by atoms with Crippen LogP contribution >= 0.6 is 0 Å². The third-order valence-electron chi connectivity index (χ3n) is 6.88. The topological polar surface area (TPSA) is 71.4 Å². The maximum absolute atomic E-state index is 12.6. The second-order valence-corrected chi connectivity index (χ2v) is 9.30. The highest BCUT2D eigenvalue weighted by atomic mass is 19.1. The standard InChI is InChI=1S/C29H30FNO5/c1-18-24-14-22(32)6-10-26(24)36-29(28(18)21-5-9-25(33)27(13-21)34-2)20-3-7-23(8-4-20)35-12-11-31-16-19(15-30)17-31/h3-10,13-14,19,29,32-33H,11-12,15-17H2,1-2H3/t29-/m0/s1. The summed E-state index contributed by atoms with van der Waals surface area (Å²) in [5.41, 5.74) is 4.49. The number of alkyl halides is 1. The summed E-state index contributed by atoms with van der Waals surface area (Å²) in [6.45, 7) is 4.68. The molecule has 188 valence electrons. The number of hydrogen-bond donors (Lipinski definition) is 2. The molecule has 7 heteroatoms. The quantitative estimate of drug-likeness (QED) is 0.437.